The summed E-state index contributed by atoms with van der Waals surface area (Å²) in [5.74, 6) is 0.723. The molecule has 0 rings (SSSR count). The molecular formula is C17H29FN2S. The maximum atomic E-state index is 13.0. The van der Waals surface area contributed by atoms with E-state index in [1.807, 2.05) is 19.3 Å². The Morgan fingerprint density at radius 1 is 1.38 bits per heavy atom. The SMILES string of the molecule is C=CC(C)C(C)C/C(=C(\N)C(=N)SC)C(C)C/C=C(/C)F. The highest BCUT2D eigenvalue weighted by Crippen LogP contribution is 2.30. The first-order valence-electron chi connectivity index (χ1n) is 7.30. The second-order valence-electron chi connectivity index (χ2n) is 5.68. The Labute approximate surface area is 133 Å². The van der Waals surface area contributed by atoms with E-state index >= 15 is 0 Å². The molecule has 0 radical (unpaired) electrons. The van der Waals surface area contributed by atoms with Crippen molar-refractivity contribution >= 4 is 16.8 Å². The summed E-state index contributed by atoms with van der Waals surface area (Å²) in [4.78, 5) is 0. The molecule has 0 saturated carbocycles. The Kier molecular flexibility index (Phi) is 9.34. The fraction of sp³-hybridized carbons (Fsp3) is 0.588. The Morgan fingerprint density at radius 3 is 2.38 bits per heavy atom. The molecule has 0 spiro atoms. The van der Waals surface area contributed by atoms with E-state index in [9.17, 15) is 4.39 Å². The van der Waals surface area contributed by atoms with Gasteiger partial charge < -0.3 is 5.73 Å². The van der Waals surface area contributed by atoms with E-state index in [0.29, 0.717) is 29.0 Å². The van der Waals surface area contributed by atoms with Crippen LogP contribution in [0, 0.1) is 23.2 Å². The standard InChI is InChI=1S/C17H29FN2S/c1-7-11(2)13(4)10-15(16(19)17(20)21-6)12(3)8-9-14(5)18/h7,9,11-13,20H,1,8,10,19H2,2-6H3/b14-9-,16-15+,20-17?. The average Bonchev–Trinajstić information content (AvgIpc) is 2.47. The first-order valence-corrected chi connectivity index (χ1v) is 8.53. The maximum Gasteiger partial charge on any atom is 0.110 e. The molecule has 0 aromatic rings. The molecule has 0 aliphatic heterocycles. The molecule has 0 amide bonds. The van der Waals surface area contributed by atoms with Crippen LogP contribution in [0.4, 0.5) is 4.39 Å². The fourth-order valence-corrected chi connectivity index (χ4v) is 2.43. The molecule has 2 nitrogen and oxygen atoms in total. The molecule has 0 aromatic heterocycles. The normalized spacial score (nSPS) is 17.7. The van der Waals surface area contributed by atoms with Crippen molar-refractivity contribution in [2.45, 2.75) is 40.5 Å². The highest BCUT2D eigenvalue weighted by atomic mass is 32.2. The molecule has 0 aromatic carbocycles. The van der Waals surface area contributed by atoms with Crippen molar-refractivity contribution in [3.8, 4) is 0 Å². The van der Waals surface area contributed by atoms with Crippen LogP contribution in [-0.2, 0) is 0 Å². The topological polar surface area (TPSA) is 49.9 Å². The highest BCUT2D eigenvalue weighted by molar-refractivity contribution is 8.13. The Hall–Kier alpha value is -1.03. The summed E-state index contributed by atoms with van der Waals surface area (Å²) in [5, 5.41) is 8.34. The third-order valence-corrected chi connectivity index (χ3v) is 4.58. The van der Waals surface area contributed by atoms with Crippen LogP contribution in [0.3, 0.4) is 0 Å². The van der Waals surface area contributed by atoms with Crippen LogP contribution in [0.15, 0.2) is 35.8 Å². The zero-order valence-electron chi connectivity index (χ0n) is 13.9. The smallest absolute Gasteiger partial charge is 0.110 e. The first-order chi connectivity index (χ1) is 9.74. The lowest BCUT2D eigenvalue weighted by Gasteiger charge is -2.24. The minimum Gasteiger partial charge on any atom is -0.397 e. The van der Waals surface area contributed by atoms with E-state index in [1.54, 1.807) is 6.08 Å². The van der Waals surface area contributed by atoms with Gasteiger partial charge in [0.2, 0.25) is 0 Å². The van der Waals surface area contributed by atoms with Gasteiger partial charge in [0.1, 0.15) is 5.04 Å². The number of hydrogen-bond donors (Lipinski definition) is 2. The number of halogens is 1. The molecule has 0 fully saturated rings. The van der Waals surface area contributed by atoms with E-state index in [-0.39, 0.29) is 11.7 Å². The summed E-state index contributed by atoms with van der Waals surface area (Å²) in [6.07, 6.45) is 6.79. The third-order valence-electron chi connectivity index (χ3n) is 3.95. The number of nitrogens with two attached hydrogens (primary N) is 1. The van der Waals surface area contributed by atoms with Crippen LogP contribution in [0.5, 0.6) is 0 Å². The van der Waals surface area contributed by atoms with Crippen LogP contribution >= 0.6 is 11.8 Å². The predicted octanol–water partition coefficient (Wildman–Crippen LogP) is 5.29. The quantitative estimate of drug-likeness (QED) is 0.363. The monoisotopic (exact) mass is 312 g/mol. The molecule has 4 heteroatoms. The van der Waals surface area contributed by atoms with Gasteiger partial charge in [0.15, 0.2) is 0 Å². The molecule has 3 unspecified atom stereocenters. The zero-order chi connectivity index (χ0) is 16.6. The van der Waals surface area contributed by atoms with Gasteiger partial charge >= 0.3 is 0 Å². The number of allylic oxidation sites excluding steroid dienone is 4. The van der Waals surface area contributed by atoms with Gasteiger partial charge in [-0.25, -0.2) is 4.39 Å². The average molecular weight is 312 g/mol. The van der Waals surface area contributed by atoms with E-state index in [1.165, 1.54) is 18.7 Å². The lowest BCUT2D eigenvalue weighted by molar-refractivity contribution is 0.435. The maximum absolute atomic E-state index is 13.0. The van der Waals surface area contributed by atoms with Gasteiger partial charge in [-0.1, -0.05) is 32.9 Å². The van der Waals surface area contributed by atoms with Crippen molar-refractivity contribution in [3.05, 3.63) is 35.8 Å². The van der Waals surface area contributed by atoms with Gasteiger partial charge in [-0.05, 0) is 49.3 Å². The second kappa shape index (κ2) is 9.82. The van der Waals surface area contributed by atoms with E-state index in [4.69, 9.17) is 11.1 Å². The number of thioether (sulfide) groups is 1. The summed E-state index contributed by atoms with van der Waals surface area (Å²) in [6, 6.07) is 0. The first kappa shape index (κ1) is 20.0. The van der Waals surface area contributed by atoms with Gasteiger partial charge in [-0.15, -0.1) is 18.3 Å². The van der Waals surface area contributed by atoms with Crippen LogP contribution < -0.4 is 5.73 Å². The van der Waals surface area contributed by atoms with Crippen molar-refractivity contribution in [2.75, 3.05) is 6.26 Å². The summed E-state index contributed by atoms with van der Waals surface area (Å²) in [5.41, 5.74) is 7.76. The third kappa shape index (κ3) is 6.98. The van der Waals surface area contributed by atoms with Crippen molar-refractivity contribution in [1.82, 2.24) is 0 Å². The lowest BCUT2D eigenvalue weighted by atomic mass is 9.83. The molecule has 0 bridgehead atoms. The number of rotatable bonds is 8. The number of hydrogen-bond acceptors (Lipinski definition) is 3. The molecule has 21 heavy (non-hydrogen) atoms. The zero-order valence-corrected chi connectivity index (χ0v) is 14.7. The fourth-order valence-electron chi connectivity index (χ4n) is 2.08. The highest BCUT2D eigenvalue weighted by Gasteiger charge is 2.19. The minimum absolute atomic E-state index is 0.127. The minimum atomic E-state index is -0.174. The Morgan fingerprint density at radius 2 is 1.95 bits per heavy atom. The Balaban J connectivity index is 5.33. The molecule has 0 heterocycles. The lowest BCUT2D eigenvalue weighted by Crippen LogP contribution is -2.18. The van der Waals surface area contributed by atoms with Gasteiger partial charge in [0.25, 0.3) is 0 Å². The van der Waals surface area contributed by atoms with E-state index in [2.05, 4.69) is 20.4 Å². The molecule has 3 N–H and O–H groups in total. The summed E-state index contributed by atoms with van der Waals surface area (Å²) < 4.78 is 13.0. The summed E-state index contributed by atoms with van der Waals surface area (Å²) >= 11 is 1.34. The van der Waals surface area contributed by atoms with Crippen LogP contribution in [0.25, 0.3) is 0 Å². The molecular weight excluding hydrogens is 283 g/mol. The van der Waals surface area contributed by atoms with Crippen LogP contribution in [0.1, 0.15) is 40.5 Å². The Bertz CT molecular complexity index is 423. The van der Waals surface area contributed by atoms with E-state index in [0.717, 1.165) is 12.0 Å². The van der Waals surface area contributed by atoms with Crippen molar-refractivity contribution in [3.63, 3.8) is 0 Å². The van der Waals surface area contributed by atoms with E-state index < -0.39 is 0 Å². The van der Waals surface area contributed by atoms with Gasteiger partial charge in [0, 0.05) is 0 Å². The molecule has 0 saturated heterocycles. The largest absolute Gasteiger partial charge is 0.397 e. The van der Waals surface area contributed by atoms with Crippen LogP contribution in [-0.4, -0.2) is 11.3 Å². The van der Waals surface area contributed by atoms with Crippen molar-refractivity contribution in [2.24, 2.45) is 23.5 Å². The molecule has 120 valence electrons. The van der Waals surface area contributed by atoms with Crippen LogP contribution in [0.2, 0.25) is 0 Å². The molecule has 0 aliphatic rings. The van der Waals surface area contributed by atoms with Gasteiger partial charge in [-0.2, -0.15) is 0 Å². The molecule has 0 aliphatic carbocycles. The van der Waals surface area contributed by atoms with Gasteiger partial charge in [0.05, 0.1) is 11.5 Å². The summed E-state index contributed by atoms with van der Waals surface area (Å²) in [7, 11) is 0. The van der Waals surface area contributed by atoms with Gasteiger partial charge in [-0.3, -0.25) is 5.41 Å². The number of nitrogens with one attached hydrogen (secondary N) is 1. The predicted molar refractivity (Wildman–Crippen MR) is 94.2 cm³/mol. The van der Waals surface area contributed by atoms with Crippen molar-refractivity contribution < 1.29 is 4.39 Å². The molecule has 3 atom stereocenters. The van der Waals surface area contributed by atoms with Crippen molar-refractivity contribution in [1.29, 1.82) is 5.41 Å². The summed E-state index contributed by atoms with van der Waals surface area (Å²) in [6.45, 7) is 11.6. The second-order valence-corrected chi connectivity index (χ2v) is 6.49.